The first-order valence-electron chi connectivity index (χ1n) is 7.02. The second-order valence-corrected chi connectivity index (χ2v) is 5.24. The Balaban J connectivity index is 1.64. The normalized spacial score (nSPS) is 10.4. The van der Waals surface area contributed by atoms with Crippen molar-refractivity contribution in [1.82, 2.24) is 15.2 Å². The van der Waals surface area contributed by atoms with E-state index < -0.39 is 0 Å². The molecule has 1 N–H and O–H groups in total. The lowest BCUT2D eigenvalue weighted by Crippen LogP contribution is -2.11. The maximum absolute atomic E-state index is 12.1. The van der Waals surface area contributed by atoms with Gasteiger partial charge < -0.3 is 9.15 Å². The Labute approximate surface area is 142 Å². The van der Waals surface area contributed by atoms with Gasteiger partial charge in [-0.15, -0.1) is 5.10 Å². The van der Waals surface area contributed by atoms with Gasteiger partial charge in [-0.1, -0.05) is 22.8 Å². The largest absolute Gasteiger partial charge is 0.497 e. The Morgan fingerprint density at radius 3 is 2.67 bits per heavy atom. The van der Waals surface area contributed by atoms with Crippen LogP contribution in [0.15, 0.2) is 47.0 Å². The van der Waals surface area contributed by atoms with Crippen LogP contribution in [0.2, 0.25) is 5.15 Å². The van der Waals surface area contributed by atoms with Gasteiger partial charge in [0.05, 0.1) is 13.5 Å². The van der Waals surface area contributed by atoms with Crippen LogP contribution in [0.3, 0.4) is 0 Å². The van der Waals surface area contributed by atoms with Gasteiger partial charge >= 0.3 is 6.01 Å². The maximum atomic E-state index is 12.1. The molecule has 0 spiro atoms. The fourth-order valence-corrected chi connectivity index (χ4v) is 2.08. The number of hydrogen-bond donors (Lipinski definition) is 1. The quantitative estimate of drug-likeness (QED) is 0.715. The Morgan fingerprint density at radius 1 is 1.21 bits per heavy atom. The average molecular weight is 345 g/mol. The first-order chi connectivity index (χ1) is 11.6. The molecule has 7 nitrogen and oxygen atoms in total. The summed E-state index contributed by atoms with van der Waals surface area (Å²) in [6, 6.07) is 10.2. The Kier molecular flexibility index (Phi) is 4.72. The van der Waals surface area contributed by atoms with E-state index in [1.807, 2.05) is 6.07 Å². The van der Waals surface area contributed by atoms with E-state index >= 15 is 0 Å². The number of rotatable bonds is 5. The molecule has 8 heteroatoms. The van der Waals surface area contributed by atoms with Crippen molar-refractivity contribution < 1.29 is 13.9 Å². The summed E-state index contributed by atoms with van der Waals surface area (Å²) in [7, 11) is 1.56. The number of methoxy groups -OCH3 is 1. The molecule has 2 heterocycles. The van der Waals surface area contributed by atoms with Crippen molar-refractivity contribution >= 4 is 23.5 Å². The molecule has 122 valence electrons. The Hall–Kier alpha value is -2.93. The fourth-order valence-electron chi connectivity index (χ4n) is 1.97. The zero-order valence-electron chi connectivity index (χ0n) is 12.7. The summed E-state index contributed by atoms with van der Waals surface area (Å²) >= 11 is 5.74. The van der Waals surface area contributed by atoms with Crippen LogP contribution >= 0.6 is 11.6 Å². The molecular formula is C16H13ClN4O3. The van der Waals surface area contributed by atoms with E-state index in [1.54, 1.807) is 43.6 Å². The number of nitrogens with one attached hydrogen (secondary N) is 1. The van der Waals surface area contributed by atoms with Crippen molar-refractivity contribution in [3.63, 3.8) is 0 Å². The first-order valence-corrected chi connectivity index (χ1v) is 7.40. The number of carbonyl (C=O) groups excluding carboxylic acids is 1. The molecule has 0 unspecified atom stereocenters. The second kappa shape index (κ2) is 7.10. The summed E-state index contributed by atoms with van der Waals surface area (Å²) in [6.07, 6.45) is 2.03. The number of pyridine rings is 1. The molecule has 0 fully saturated rings. The highest BCUT2D eigenvalue weighted by Crippen LogP contribution is 2.15. The number of halogens is 1. The molecule has 1 amide bonds. The zero-order chi connectivity index (χ0) is 16.9. The van der Waals surface area contributed by atoms with Crippen LogP contribution in [-0.2, 0) is 6.42 Å². The summed E-state index contributed by atoms with van der Waals surface area (Å²) in [5.74, 6) is 0.688. The van der Waals surface area contributed by atoms with Gasteiger partial charge in [-0.3, -0.25) is 10.1 Å². The van der Waals surface area contributed by atoms with Crippen LogP contribution in [0.25, 0.3) is 0 Å². The van der Waals surface area contributed by atoms with E-state index in [1.165, 1.54) is 0 Å². The van der Waals surface area contributed by atoms with Gasteiger partial charge in [-0.05, 0) is 35.9 Å². The first kappa shape index (κ1) is 15.9. The van der Waals surface area contributed by atoms with E-state index in [9.17, 15) is 4.79 Å². The molecule has 0 saturated heterocycles. The summed E-state index contributed by atoms with van der Waals surface area (Å²) in [5.41, 5.74) is 1.33. The van der Waals surface area contributed by atoms with Gasteiger partial charge in [-0.25, -0.2) is 4.98 Å². The minimum atomic E-state index is -0.346. The highest BCUT2D eigenvalue weighted by Gasteiger charge is 2.12. The molecular weight excluding hydrogens is 332 g/mol. The maximum Gasteiger partial charge on any atom is 0.322 e. The summed E-state index contributed by atoms with van der Waals surface area (Å²) < 4.78 is 10.5. The summed E-state index contributed by atoms with van der Waals surface area (Å²) in [5, 5.41) is 10.7. The lowest BCUT2D eigenvalue weighted by molar-refractivity contribution is 0.102. The van der Waals surface area contributed by atoms with Crippen LogP contribution < -0.4 is 10.1 Å². The van der Waals surface area contributed by atoms with Crippen molar-refractivity contribution in [3.05, 3.63) is 64.8 Å². The average Bonchev–Trinajstić information content (AvgIpc) is 3.04. The topological polar surface area (TPSA) is 90.1 Å². The highest BCUT2D eigenvalue weighted by molar-refractivity contribution is 6.29. The molecule has 0 aliphatic carbocycles. The van der Waals surface area contributed by atoms with Crippen LogP contribution in [-0.4, -0.2) is 28.2 Å². The molecule has 0 saturated carbocycles. The number of anilines is 1. The number of nitrogens with zero attached hydrogens (tertiary/aromatic N) is 3. The third-order valence-corrected chi connectivity index (χ3v) is 3.41. The molecule has 1 aromatic carbocycles. The number of amides is 1. The Morgan fingerprint density at radius 2 is 2.00 bits per heavy atom. The number of ether oxygens (including phenoxy) is 1. The molecule has 2 aromatic heterocycles. The van der Waals surface area contributed by atoms with Crippen molar-refractivity contribution in [3.8, 4) is 5.75 Å². The van der Waals surface area contributed by atoms with Crippen LogP contribution in [0, 0.1) is 0 Å². The predicted octanol–water partition coefficient (Wildman–Crippen LogP) is 2.97. The molecule has 24 heavy (non-hydrogen) atoms. The van der Waals surface area contributed by atoms with Gasteiger partial charge in [0.15, 0.2) is 0 Å². The molecule has 0 bridgehead atoms. The van der Waals surface area contributed by atoms with Gasteiger partial charge in [0.25, 0.3) is 5.91 Å². The molecule has 0 radical (unpaired) electrons. The van der Waals surface area contributed by atoms with Crippen molar-refractivity contribution in [2.75, 3.05) is 12.4 Å². The van der Waals surface area contributed by atoms with Gasteiger partial charge in [0.2, 0.25) is 5.89 Å². The minimum Gasteiger partial charge on any atom is -0.497 e. The zero-order valence-corrected chi connectivity index (χ0v) is 13.4. The molecule has 0 atom stereocenters. The minimum absolute atomic E-state index is 0.0349. The van der Waals surface area contributed by atoms with Crippen LogP contribution in [0.4, 0.5) is 6.01 Å². The molecule has 0 aliphatic rings. The van der Waals surface area contributed by atoms with E-state index in [0.29, 0.717) is 28.8 Å². The van der Waals surface area contributed by atoms with Gasteiger partial charge in [-0.2, -0.15) is 0 Å². The number of carbonyl (C=O) groups is 1. The molecule has 0 aliphatic heterocycles. The number of aromatic nitrogens is 3. The molecule has 3 aromatic rings. The van der Waals surface area contributed by atoms with Gasteiger partial charge in [0.1, 0.15) is 10.9 Å². The third-order valence-electron chi connectivity index (χ3n) is 3.18. The monoisotopic (exact) mass is 344 g/mol. The smallest absolute Gasteiger partial charge is 0.322 e. The lowest BCUT2D eigenvalue weighted by Gasteiger charge is -2.02. The molecule has 3 rings (SSSR count). The third kappa shape index (κ3) is 3.88. The predicted molar refractivity (Wildman–Crippen MR) is 87.3 cm³/mol. The lowest BCUT2D eigenvalue weighted by atomic mass is 10.2. The van der Waals surface area contributed by atoms with E-state index in [0.717, 1.165) is 5.56 Å². The summed E-state index contributed by atoms with van der Waals surface area (Å²) in [4.78, 5) is 16.1. The number of benzene rings is 1. The van der Waals surface area contributed by atoms with Crippen molar-refractivity contribution in [2.24, 2.45) is 0 Å². The van der Waals surface area contributed by atoms with Gasteiger partial charge in [0, 0.05) is 11.8 Å². The highest BCUT2D eigenvalue weighted by atomic mass is 35.5. The number of hydrogen-bond acceptors (Lipinski definition) is 6. The second-order valence-electron chi connectivity index (χ2n) is 4.85. The van der Waals surface area contributed by atoms with E-state index in [4.69, 9.17) is 20.8 Å². The standard InChI is InChI=1S/C16H13ClN4O3/c1-23-12-5-3-11(4-6-12)15(22)19-16-21-20-14(24-16)8-10-2-7-13(17)18-9-10/h2-7,9H,8H2,1H3,(H,19,21,22). The van der Waals surface area contributed by atoms with Crippen molar-refractivity contribution in [2.45, 2.75) is 6.42 Å². The van der Waals surface area contributed by atoms with E-state index in [-0.39, 0.29) is 11.9 Å². The van der Waals surface area contributed by atoms with Crippen molar-refractivity contribution in [1.29, 1.82) is 0 Å². The Bertz CT molecular complexity index is 831. The van der Waals surface area contributed by atoms with Crippen LogP contribution in [0.1, 0.15) is 21.8 Å². The SMILES string of the molecule is COc1ccc(C(=O)Nc2nnc(Cc3ccc(Cl)nc3)o2)cc1. The summed E-state index contributed by atoms with van der Waals surface area (Å²) in [6.45, 7) is 0. The fraction of sp³-hybridized carbons (Fsp3) is 0.125. The van der Waals surface area contributed by atoms with E-state index in [2.05, 4.69) is 20.5 Å². The van der Waals surface area contributed by atoms with Crippen LogP contribution in [0.5, 0.6) is 5.75 Å².